The van der Waals surface area contributed by atoms with E-state index >= 15 is 0 Å². The molecule has 0 aliphatic heterocycles. The number of anilines is 1. The minimum absolute atomic E-state index is 0.00717. The molecule has 1 unspecified atom stereocenters. The topological polar surface area (TPSA) is 66.0 Å². The Labute approximate surface area is 90.6 Å². The van der Waals surface area contributed by atoms with Crippen LogP contribution in [0.4, 0.5) is 5.69 Å². The predicted octanol–water partition coefficient (Wildman–Crippen LogP) is 1.60. The van der Waals surface area contributed by atoms with Gasteiger partial charge in [-0.15, -0.1) is 0 Å². The second-order valence-electron chi connectivity index (χ2n) is 3.68. The maximum absolute atomic E-state index is 7.24. The van der Waals surface area contributed by atoms with Gasteiger partial charge >= 0.3 is 0 Å². The first-order valence-electron chi connectivity index (χ1n) is 5.09. The summed E-state index contributed by atoms with van der Waals surface area (Å²) in [4.78, 5) is 6.29. The summed E-state index contributed by atoms with van der Waals surface area (Å²) in [6.07, 6.45) is 2.84. The van der Waals surface area contributed by atoms with Crippen molar-refractivity contribution in [3.8, 4) is 0 Å². The SMILES string of the molecule is CCC(C)N(C)c1ccc(C(=N)N)nc1. The minimum Gasteiger partial charge on any atom is -0.382 e. The van der Waals surface area contributed by atoms with Crippen LogP contribution in [0.1, 0.15) is 26.0 Å². The molecule has 1 aromatic rings. The second-order valence-corrected chi connectivity index (χ2v) is 3.68. The number of nitrogens with two attached hydrogens (primary N) is 1. The molecule has 1 heterocycles. The average Bonchev–Trinajstić information content (AvgIpc) is 2.27. The molecule has 15 heavy (non-hydrogen) atoms. The zero-order valence-electron chi connectivity index (χ0n) is 9.49. The predicted molar refractivity (Wildman–Crippen MR) is 63.4 cm³/mol. The van der Waals surface area contributed by atoms with E-state index in [1.165, 1.54) is 0 Å². The van der Waals surface area contributed by atoms with E-state index < -0.39 is 0 Å². The molecule has 0 saturated heterocycles. The summed E-state index contributed by atoms with van der Waals surface area (Å²) < 4.78 is 0. The molecule has 82 valence electrons. The van der Waals surface area contributed by atoms with Crippen molar-refractivity contribution in [3.63, 3.8) is 0 Å². The summed E-state index contributed by atoms with van der Waals surface area (Å²) in [5, 5.41) is 7.24. The van der Waals surface area contributed by atoms with Crippen molar-refractivity contribution in [3.05, 3.63) is 24.0 Å². The van der Waals surface area contributed by atoms with Gasteiger partial charge in [-0.3, -0.25) is 10.4 Å². The zero-order chi connectivity index (χ0) is 11.4. The molecule has 1 rings (SSSR count). The van der Waals surface area contributed by atoms with E-state index in [0.717, 1.165) is 12.1 Å². The van der Waals surface area contributed by atoms with E-state index in [9.17, 15) is 0 Å². The van der Waals surface area contributed by atoms with E-state index in [4.69, 9.17) is 11.1 Å². The van der Waals surface area contributed by atoms with Gasteiger partial charge in [0.25, 0.3) is 0 Å². The van der Waals surface area contributed by atoms with Gasteiger partial charge in [0.2, 0.25) is 0 Å². The van der Waals surface area contributed by atoms with Gasteiger partial charge in [-0.1, -0.05) is 6.92 Å². The summed E-state index contributed by atoms with van der Waals surface area (Å²) in [6.45, 7) is 4.32. The molecule has 4 heteroatoms. The Bertz CT molecular complexity index is 331. The van der Waals surface area contributed by atoms with Crippen LogP contribution in [0.3, 0.4) is 0 Å². The zero-order valence-corrected chi connectivity index (χ0v) is 9.49. The number of aromatic nitrogens is 1. The third kappa shape index (κ3) is 2.68. The van der Waals surface area contributed by atoms with Crippen LogP contribution in [0.2, 0.25) is 0 Å². The summed E-state index contributed by atoms with van der Waals surface area (Å²) in [6, 6.07) is 4.20. The van der Waals surface area contributed by atoms with Crippen LogP contribution in [0.15, 0.2) is 18.3 Å². The van der Waals surface area contributed by atoms with Gasteiger partial charge < -0.3 is 10.6 Å². The highest BCUT2D eigenvalue weighted by molar-refractivity contribution is 5.93. The maximum Gasteiger partial charge on any atom is 0.141 e. The van der Waals surface area contributed by atoms with Gasteiger partial charge in [-0.25, -0.2) is 0 Å². The molecule has 3 N–H and O–H groups in total. The van der Waals surface area contributed by atoms with Crippen molar-refractivity contribution < 1.29 is 0 Å². The third-order valence-electron chi connectivity index (χ3n) is 2.68. The Morgan fingerprint density at radius 3 is 2.67 bits per heavy atom. The molecular formula is C11H18N4. The first-order valence-corrected chi connectivity index (χ1v) is 5.09. The van der Waals surface area contributed by atoms with Crippen LogP contribution in [0.25, 0.3) is 0 Å². The first kappa shape index (κ1) is 11.5. The number of nitrogen functional groups attached to an aromatic ring is 1. The highest BCUT2D eigenvalue weighted by atomic mass is 15.1. The summed E-state index contributed by atoms with van der Waals surface area (Å²) >= 11 is 0. The average molecular weight is 206 g/mol. The fourth-order valence-corrected chi connectivity index (χ4v) is 1.28. The highest BCUT2D eigenvalue weighted by Gasteiger charge is 2.08. The molecule has 0 spiro atoms. The molecule has 0 aromatic carbocycles. The van der Waals surface area contributed by atoms with Gasteiger partial charge in [0, 0.05) is 13.1 Å². The van der Waals surface area contributed by atoms with Crippen LogP contribution < -0.4 is 10.6 Å². The minimum atomic E-state index is 0.00717. The highest BCUT2D eigenvalue weighted by Crippen LogP contribution is 2.15. The summed E-state index contributed by atoms with van der Waals surface area (Å²) in [7, 11) is 2.04. The molecule has 0 amide bonds. The van der Waals surface area contributed by atoms with Gasteiger partial charge in [-0.05, 0) is 25.5 Å². The molecule has 0 bridgehead atoms. The van der Waals surface area contributed by atoms with E-state index in [1.54, 1.807) is 12.3 Å². The molecule has 1 atom stereocenters. The van der Waals surface area contributed by atoms with Gasteiger partial charge in [0.1, 0.15) is 11.5 Å². The number of pyridine rings is 1. The largest absolute Gasteiger partial charge is 0.382 e. The lowest BCUT2D eigenvalue weighted by molar-refractivity contribution is 0.663. The fourth-order valence-electron chi connectivity index (χ4n) is 1.28. The smallest absolute Gasteiger partial charge is 0.141 e. The molecule has 0 aliphatic rings. The van der Waals surface area contributed by atoms with Gasteiger partial charge in [-0.2, -0.15) is 0 Å². The molecule has 4 nitrogen and oxygen atoms in total. The molecule has 0 fully saturated rings. The van der Waals surface area contributed by atoms with E-state index in [-0.39, 0.29) is 5.84 Å². The third-order valence-corrected chi connectivity index (χ3v) is 2.68. The number of hydrogen-bond acceptors (Lipinski definition) is 3. The van der Waals surface area contributed by atoms with Crippen LogP contribution in [0.5, 0.6) is 0 Å². The van der Waals surface area contributed by atoms with Crippen molar-refractivity contribution in [2.45, 2.75) is 26.3 Å². The number of rotatable bonds is 4. The Hall–Kier alpha value is -1.58. The maximum atomic E-state index is 7.24. The van der Waals surface area contributed by atoms with Crippen molar-refractivity contribution in [2.75, 3.05) is 11.9 Å². The number of nitrogens with one attached hydrogen (secondary N) is 1. The first-order chi connectivity index (χ1) is 7.06. The van der Waals surface area contributed by atoms with Crippen LogP contribution in [-0.2, 0) is 0 Å². The Morgan fingerprint density at radius 2 is 2.27 bits per heavy atom. The van der Waals surface area contributed by atoms with Crippen molar-refractivity contribution in [1.82, 2.24) is 4.98 Å². The second kappa shape index (κ2) is 4.77. The molecule has 0 saturated carbocycles. The molecular weight excluding hydrogens is 188 g/mol. The normalized spacial score (nSPS) is 12.2. The lowest BCUT2D eigenvalue weighted by atomic mass is 10.2. The van der Waals surface area contributed by atoms with E-state index in [2.05, 4.69) is 23.7 Å². The standard InChI is InChI=1S/C11H18N4/c1-4-8(2)15(3)9-5-6-10(11(12)13)14-7-9/h5-8H,4H2,1-3H3,(H3,12,13). The van der Waals surface area contributed by atoms with E-state index in [0.29, 0.717) is 11.7 Å². The lowest BCUT2D eigenvalue weighted by Crippen LogP contribution is -2.28. The number of amidine groups is 1. The Morgan fingerprint density at radius 1 is 1.60 bits per heavy atom. The lowest BCUT2D eigenvalue weighted by Gasteiger charge is -2.25. The number of nitrogens with zero attached hydrogens (tertiary/aromatic N) is 2. The van der Waals surface area contributed by atoms with Crippen molar-refractivity contribution in [1.29, 1.82) is 5.41 Å². The van der Waals surface area contributed by atoms with Gasteiger partial charge in [0.05, 0.1) is 11.9 Å². The molecule has 1 aromatic heterocycles. The molecule has 0 aliphatic carbocycles. The Balaban J connectivity index is 2.84. The van der Waals surface area contributed by atoms with Crippen molar-refractivity contribution >= 4 is 11.5 Å². The van der Waals surface area contributed by atoms with Gasteiger partial charge in [0.15, 0.2) is 0 Å². The van der Waals surface area contributed by atoms with Crippen molar-refractivity contribution in [2.24, 2.45) is 5.73 Å². The monoisotopic (exact) mass is 206 g/mol. The van der Waals surface area contributed by atoms with Crippen LogP contribution in [-0.4, -0.2) is 23.9 Å². The number of hydrogen-bond donors (Lipinski definition) is 2. The van der Waals surface area contributed by atoms with Crippen LogP contribution >= 0.6 is 0 Å². The summed E-state index contributed by atoms with van der Waals surface area (Å²) in [5.41, 5.74) is 6.91. The molecule has 0 radical (unpaired) electrons. The fraction of sp³-hybridized carbons (Fsp3) is 0.455. The van der Waals surface area contributed by atoms with E-state index in [1.807, 2.05) is 13.1 Å². The summed E-state index contributed by atoms with van der Waals surface area (Å²) in [5.74, 6) is 0.00717. The quantitative estimate of drug-likeness (QED) is 0.581. The van der Waals surface area contributed by atoms with Crippen LogP contribution in [0, 0.1) is 5.41 Å². The Kier molecular flexibility index (Phi) is 3.66.